The van der Waals surface area contributed by atoms with Crippen molar-refractivity contribution < 1.29 is 19.0 Å². The summed E-state index contributed by atoms with van der Waals surface area (Å²) in [6.45, 7) is 2.62. The number of amides is 1. The number of halogens is 2. The lowest BCUT2D eigenvalue weighted by Gasteiger charge is -2.14. The number of methoxy groups -OCH3 is 1. The lowest BCUT2D eigenvalue weighted by atomic mass is 10.1. The molecule has 30 heavy (non-hydrogen) atoms. The lowest BCUT2D eigenvalue weighted by Crippen LogP contribution is -2.13. The second-order valence-electron chi connectivity index (χ2n) is 6.30. The van der Waals surface area contributed by atoms with Crippen molar-refractivity contribution >= 4 is 34.8 Å². The van der Waals surface area contributed by atoms with Gasteiger partial charge in [0, 0.05) is 22.2 Å². The first kappa shape index (κ1) is 21.8. The van der Waals surface area contributed by atoms with Gasteiger partial charge in [-0.2, -0.15) is 0 Å². The topological polar surface area (TPSA) is 56.8 Å². The van der Waals surface area contributed by atoms with Gasteiger partial charge in [0.2, 0.25) is 0 Å². The van der Waals surface area contributed by atoms with Gasteiger partial charge >= 0.3 is 0 Å². The average molecular weight is 446 g/mol. The molecule has 0 fully saturated rings. The van der Waals surface area contributed by atoms with Gasteiger partial charge in [-0.05, 0) is 55.5 Å². The largest absolute Gasteiger partial charge is 0.497 e. The van der Waals surface area contributed by atoms with E-state index in [4.69, 9.17) is 37.4 Å². The van der Waals surface area contributed by atoms with Crippen LogP contribution in [0, 0.1) is 0 Å². The minimum atomic E-state index is -0.315. The molecule has 3 aromatic carbocycles. The van der Waals surface area contributed by atoms with E-state index >= 15 is 0 Å². The third-order valence-corrected chi connectivity index (χ3v) is 4.80. The van der Waals surface area contributed by atoms with Crippen molar-refractivity contribution in [1.82, 2.24) is 0 Å². The van der Waals surface area contributed by atoms with Crippen molar-refractivity contribution in [3.8, 4) is 17.2 Å². The monoisotopic (exact) mass is 445 g/mol. The first-order chi connectivity index (χ1) is 14.5. The molecule has 3 rings (SSSR count). The van der Waals surface area contributed by atoms with Crippen LogP contribution in [0.1, 0.15) is 22.8 Å². The van der Waals surface area contributed by atoms with Crippen molar-refractivity contribution in [3.05, 3.63) is 81.8 Å². The summed E-state index contributed by atoms with van der Waals surface area (Å²) in [6.07, 6.45) is 0. The van der Waals surface area contributed by atoms with Gasteiger partial charge in [-0.15, -0.1) is 0 Å². The van der Waals surface area contributed by atoms with Crippen molar-refractivity contribution in [2.45, 2.75) is 13.5 Å². The number of hydrogen-bond donors (Lipinski definition) is 1. The smallest absolute Gasteiger partial charge is 0.255 e. The van der Waals surface area contributed by atoms with Crippen LogP contribution in [0.15, 0.2) is 60.7 Å². The van der Waals surface area contributed by atoms with Crippen LogP contribution in [0.25, 0.3) is 0 Å². The fourth-order valence-electron chi connectivity index (χ4n) is 2.77. The second-order valence-corrected chi connectivity index (χ2v) is 7.15. The second kappa shape index (κ2) is 10.2. The number of carbonyl (C=O) groups excluding carboxylic acids is 1. The molecule has 0 unspecified atom stereocenters. The lowest BCUT2D eigenvalue weighted by molar-refractivity contribution is 0.102. The summed E-state index contributed by atoms with van der Waals surface area (Å²) in [6, 6.07) is 17.4. The predicted molar refractivity (Wildman–Crippen MR) is 119 cm³/mol. The van der Waals surface area contributed by atoms with Gasteiger partial charge in [-0.25, -0.2) is 0 Å². The molecule has 0 heterocycles. The van der Waals surface area contributed by atoms with Crippen LogP contribution < -0.4 is 19.5 Å². The summed E-state index contributed by atoms with van der Waals surface area (Å²) >= 11 is 12.1. The predicted octanol–water partition coefficient (Wildman–Crippen LogP) is 6.23. The zero-order valence-corrected chi connectivity index (χ0v) is 18.1. The molecule has 0 aliphatic carbocycles. The number of ether oxygens (including phenoxy) is 3. The molecule has 0 radical (unpaired) electrons. The first-order valence-corrected chi connectivity index (χ1v) is 10.0. The Bertz CT molecular complexity index is 1040. The molecule has 0 aliphatic heterocycles. The Morgan fingerprint density at radius 1 is 0.967 bits per heavy atom. The minimum Gasteiger partial charge on any atom is -0.497 e. The van der Waals surface area contributed by atoms with Gasteiger partial charge in [-0.3, -0.25) is 4.79 Å². The molecule has 0 atom stereocenters. The third kappa shape index (κ3) is 5.59. The van der Waals surface area contributed by atoms with E-state index in [1.165, 1.54) is 0 Å². The highest BCUT2D eigenvalue weighted by Gasteiger charge is 2.13. The fourth-order valence-corrected chi connectivity index (χ4v) is 3.11. The van der Waals surface area contributed by atoms with E-state index in [1.807, 2.05) is 25.1 Å². The number of hydrogen-bond acceptors (Lipinski definition) is 4. The maximum absolute atomic E-state index is 12.7. The zero-order valence-electron chi connectivity index (χ0n) is 16.6. The molecular formula is C23H21Cl2NO4. The van der Waals surface area contributed by atoms with E-state index in [1.54, 1.807) is 49.6 Å². The number of nitrogens with one attached hydrogen (secondary N) is 1. The highest BCUT2D eigenvalue weighted by Crippen LogP contribution is 2.28. The van der Waals surface area contributed by atoms with Crippen LogP contribution >= 0.6 is 23.2 Å². The van der Waals surface area contributed by atoms with Crippen LogP contribution in [-0.4, -0.2) is 19.6 Å². The Balaban J connectivity index is 1.80. The number of anilines is 1. The SMILES string of the molecule is CCOc1ccc(C(=O)Nc2cc(Cl)ccc2Cl)cc1COc1cccc(OC)c1. The zero-order chi connectivity index (χ0) is 21.5. The maximum atomic E-state index is 12.7. The Morgan fingerprint density at radius 3 is 2.53 bits per heavy atom. The Kier molecular flexibility index (Phi) is 7.44. The molecule has 0 spiro atoms. The standard InChI is InChI=1S/C23H21Cl2NO4/c1-3-29-22-10-7-15(23(27)26-21-12-17(24)8-9-20(21)25)11-16(22)14-30-19-6-4-5-18(13-19)28-2/h4-13H,3,14H2,1-2H3,(H,26,27). The molecule has 0 bridgehead atoms. The highest BCUT2D eigenvalue weighted by atomic mass is 35.5. The summed E-state index contributed by atoms with van der Waals surface area (Å²) in [5.74, 6) is 1.68. The van der Waals surface area contributed by atoms with Crippen LogP contribution in [0.4, 0.5) is 5.69 Å². The summed E-state index contributed by atoms with van der Waals surface area (Å²) in [5, 5.41) is 3.66. The van der Waals surface area contributed by atoms with E-state index in [2.05, 4.69) is 5.32 Å². The molecule has 156 valence electrons. The molecular weight excluding hydrogens is 425 g/mol. The Hall–Kier alpha value is -2.89. The van der Waals surface area contributed by atoms with E-state index in [0.717, 1.165) is 5.56 Å². The molecule has 5 nitrogen and oxygen atoms in total. The summed E-state index contributed by atoms with van der Waals surface area (Å²) in [7, 11) is 1.60. The van der Waals surface area contributed by atoms with E-state index in [-0.39, 0.29) is 12.5 Å². The fraction of sp³-hybridized carbons (Fsp3) is 0.174. The summed E-state index contributed by atoms with van der Waals surface area (Å²) in [4.78, 5) is 12.7. The van der Waals surface area contributed by atoms with Gasteiger partial charge in [-0.1, -0.05) is 29.3 Å². The quantitative estimate of drug-likeness (QED) is 0.446. The van der Waals surface area contributed by atoms with Crippen LogP contribution in [0.2, 0.25) is 10.0 Å². The molecule has 3 aromatic rings. The van der Waals surface area contributed by atoms with Crippen molar-refractivity contribution in [1.29, 1.82) is 0 Å². The van der Waals surface area contributed by atoms with Crippen molar-refractivity contribution in [2.24, 2.45) is 0 Å². The van der Waals surface area contributed by atoms with Gasteiger partial charge < -0.3 is 19.5 Å². The Morgan fingerprint density at radius 2 is 1.77 bits per heavy atom. The number of rotatable bonds is 8. The molecule has 7 heteroatoms. The molecule has 0 aliphatic rings. The van der Waals surface area contributed by atoms with E-state index in [9.17, 15) is 4.79 Å². The summed E-state index contributed by atoms with van der Waals surface area (Å²) in [5.41, 5.74) is 1.63. The highest BCUT2D eigenvalue weighted by molar-refractivity contribution is 6.35. The number of carbonyl (C=O) groups is 1. The number of benzene rings is 3. The normalized spacial score (nSPS) is 10.4. The average Bonchev–Trinajstić information content (AvgIpc) is 2.75. The molecule has 0 aromatic heterocycles. The molecule has 1 N–H and O–H groups in total. The van der Waals surface area contributed by atoms with Crippen LogP contribution in [0.5, 0.6) is 17.2 Å². The minimum absolute atomic E-state index is 0.224. The first-order valence-electron chi connectivity index (χ1n) is 9.29. The van der Waals surface area contributed by atoms with Crippen molar-refractivity contribution in [3.63, 3.8) is 0 Å². The maximum Gasteiger partial charge on any atom is 0.255 e. The van der Waals surface area contributed by atoms with Gasteiger partial charge in [0.15, 0.2) is 0 Å². The van der Waals surface area contributed by atoms with Crippen molar-refractivity contribution in [2.75, 3.05) is 19.0 Å². The van der Waals surface area contributed by atoms with Crippen LogP contribution in [0.3, 0.4) is 0 Å². The third-order valence-electron chi connectivity index (χ3n) is 4.23. The summed E-state index contributed by atoms with van der Waals surface area (Å²) < 4.78 is 16.8. The van der Waals surface area contributed by atoms with E-state index in [0.29, 0.717) is 45.2 Å². The van der Waals surface area contributed by atoms with E-state index < -0.39 is 0 Å². The van der Waals surface area contributed by atoms with Gasteiger partial charge in [0.1, 0.15) is 23.9 Å². The van der Waals surface area contributed by atoms with Gasteiger partial charge in [0.05, 0.1) is 24.4 Å². The Labute approximate surface area is 185 Å². The molecule has 1 amide bonds. The molecule has 0 saturated heterocycles. The molecule has 0 saturated carbocycles. The van der Waals surface area contributed by atoms with Crippen LogP contribution in [-0.2, 0) is 6.61 Å². The van der Waals surface area contributed by atoms with Gasteiger partial charge in [0.25, 0.3) is 5.91 Å².